The molecule has 0 heterocycles. The lowest BCUT2D eigenvalue weighted by molar-refractivity contribution is -0.142. The average molecular weight is 242 g/mol. The summed E-state index contributed by atoms with van der Waals surface area (Å²) in [5.41, 5.74) is 0. The minimum absolute atomic E-state index is 0. The van der Waals surface area contributed by atoms with Crippen LogP contribution in [0, 0.1) is 0 Å². The van der Waals surface area contributed by atoms with Crippen LogP contribution in [0.15, 0.2) is 13.2 Å². The molecule has 0 saturated heterocycles. The van der Waals surface area contributed by atoms with Crippen molar-refractivity contribution in [3.8, 4) is 0 Å². The van der Waals surface area contributed by atoms with Gasteiger partial charge in [0, 0.05) is 0 Å². The topological polar surface area (TPSA) is 188 Å². The second-order valence-corrected chi connectivity index (χ2v) is 2.31. The summed E-state index contributed by atoms with van der Waals surface area (Å²) in [5.74, 6) is -1.00. The summed E-state index contributed by atoms with van der Waals surface area (Å²) in [6.07, 6.45) is -5.22. The molecule has 0 unspecified atom stereocenters. The van der Waals surface area contributed by atoms with E-state index in [-0.39, 0.29) is 12.3 Å². The molecule has 8 heteroatoms. The van der Waals surface area contributed by atoms with Crippen molar-refractivity contribution in [2.24, 2.45) is 0 Å². The number of Topliss-reactive ketones (excluding diaryl/α,β-unsaturated/α-hetero) is 1. The fraction of sp³-hybridized carbons (Fsp3) is 0.625. The molecule has 0 saturated carbocycles. The molecule has 0 aliphatic heterocycles. The summed E-state index contributed by atoms with van der Waals surface area (Å²) in [6.45, 7) is 4.31. The quantitative estimate of drug-likeness (QED) is 0.263. The first-order chi connectivity index (χ1) is 6.54. The maximum absolute atomic E-state index is 10.5. The molecule has 0 bridgehead atoms. The molecular formula is C8H22N2O6. The van der Waals surface area contributed by atoms with Gasteiger partial charge < -0.3 is 37.8 Å². The van der Waals surface area contributed by atoms with Gasteiger partial charge in [0.05, 0.1) is 6.61 Å². The first-order valence-corrected chi connectivity index (χ1v) is 3.83. The van der Waals surface area contributed by atoms with E-state index < -0.39 is 37.3 Å². The molecule has 0 aromatic heterocycles. The van der Waals surface area contributed by atoms with E-state index in [1.54, 1.807) is 0 Å². The van der Waals surface area contributed by atoms with Crippen LogP contribution in [0.4, 0.5) is 0 Å². The minimum atomic E-state index is -1.86. The Bertz CT molecular complexity index is 169. The van der Waals surface area contributed by atoms with E-state index in [0.717, 1.165) is 0 Å². The molecule has 16 heavy (non-hydrogen) atoms. The first kappa shape index (κ1) is 24.4. The van der Waals surface area contributed by atoms with Crippen molar-refractivity contribution < 1.29 is 30.3 Å². The molecule has 0 aromatic carbocycles. The number of hydrogen-bond acceptors (Lipinski definition) is 8. The van der Waals surface area contributed by atoms with Gasteiger partial charge in [-0.05, 0) is 0 Å². The van der Waals surface area contributed by atoms with Crippen molar-refractivity contribution in [3.63, 3.8) is 0 Å². The van der Waals surface area contributed by atoms with E-state index in [1.165, 1.54) is 0 Å². The van der Waals surface area contributed by atoms with Gasteiger partial charge >= 0.3 is 0 Å². The fourth-order valence-corrected chi connectivity index (χ4v) is 0.602. The Hall–Kier alpha value is -0.870. The molecule has 0 rings (SSSR count). The number of carbonyl (C=O) groups excluding carboxylic acids is 1. The van der Waals surface area contributed by atoms with E-state index in [9.17, 15) is 4.79 Å². The Morgan fingerprint density at radius 3 is 1.69 bits per heavy atom. The predicted molar refractivity (Wildman–Crippen MR) is 58.5 cm³/mol. The molecule has 0 aliphatic rings. The third-order valence-electron chi connectivity index (χ3n) is 1.39. The van der Waals surface area contributed by atoms with Crippen LogP contribution >= 0.6 is 0 Å². The van der Waals surface area contributed by atoms with E-state index >= 15 is 0 Å². The number of aliphatic hydroxyl groups excluding tert-OH is 5. The zero-order valence-electron chi connectivity index (χ0n) is 9.12. The lowest BCUT2D eigenvalue weighted by Crippen LogP contribution is -2.44. The van der Waals surface area contributed by atoms with E-state index in [0.29, 0.717) is 0 Å². The maximum Gasteiger partial charge on any atom is 0.189 e. The number of rotatable bonds is 5. The lowest BCUT2D eigenvalue weighted by Gasteiger charge is -2.19. The van der Waals surface area contributed by atoms with Gasteiger partial charge in [-0.2, -0.15) is 0 Å². The van der Waals surface area contributed by atoms with Gasteiger partial charge in [0.1, 0.15) is 24.9 Å². The summed E-state index contributed by atoms with van der Waals surface area (Å²) in [4.78, 5) is 10.5. The highest BCUT2D eigenvalue weighted by molar-refractivity contribution is 5.84. The highest BCUT2D eigenvalue weighted by atomic mass is 16.4. The Morgan fingerprint density at radius 1 is 1.06 bits per heavy atom. The van der Waals surface area contributed by atoms with E-state index in [2.05, 4.69) is 13.2 Å². The van der Waals surface area contributed by atoms with Crippen LogP contribution in [0.3, 0.4) is 0 Å². The van der Waals surface area contributed by atoms with Gasteiger partial charge in [0.15, 0.2) is 5.78 Å². The Balaban J connectivity index is -0.000000169. The summed E-state index contributed by atoms with van der Waals surface area (Å²) in [7, 11) is 0. The van der Waals surface area contributed by atoms with Gasteiger partial charge in [-0.1, -0.05) is 0 Å². The van der Waals surface area contributed by atoms with Crippen molar-refractivity contribution >= 4 is 5.78 Å². The van der Waals surface area contributed by atoms with E-state index in [4.69, 9.17) is 25.5 Å². The Kier molecular flexibility index (Phi) is 21.5. The van der Waals surface area contributed by atoms with Gasteiger partial charge in [-0.25, -0.2) is 0 Å². The highest BCUT2D eigenvalue weighted by Crippen LogP contribution is 2.00. The van der Waals surface area contributed by atoms with Crippen molar-refractivity contribution in [1.82, 2.24) is 12.3 Å². The van der Waals surface area contributed by atoms with Gasteiger partial charge in [0.2, 0.25) is 0 Å². The van der Waals surface area contributed by atoms with Crippen LogP contribution < -0.4 is 12.3 Å². The average Bonchev–Trinajstić information content (AvgIpc) is 2.27. The number of aliphatic hydroxyl groups is 5. The normalized spacial score (nSPS) is 14.1. The molecule has 3 atom stereocenters. The number of ketones is 1. The molecule has 0 fully saturated rings. The molecule has 0 aliphatic carbocycles. The van der Waals surface area contributed by atoms with Crippen molar-refractivity contribution in [2.45, 2.75) is 18.3 Å². The van der Waals surface area contributed by atoms with Crippen molar-refractivity contribution in [2.75, 3.05) is 13.2 Å². The molecule has 0 aromatic rings. The standard InChI is InChI=1S/C6H12O6.C2H4.2H3N/c7-1-3(9)5(11)6(12)4(10)2-8;1-2;;/h3,5-9,11-12H,1-2H2;1-2H2;2*1H3/t3-,5+,6+;;;/m1.../s1. The monoisotopic (exact) mass is 242 g/mol. The zero-order chi connectivity index (χ0) is 11.7. The second-order valence-electron chi connectivity index (χ2n) is 2.31. The smallest absolute Gasteiger partial charge is 0.189 e. The zero-order valence-corrected chi connectivity index (χ0v) is 9.12. The highest BCUT2D eigenvalue weighted by Gasteiger charge is 2.28. The van der Waals surface area contributed by atoms with E-state index in [1.807, 2.05) is 0 Å². The third kappa shape index (κ3) is 8.44. The minimum Gasteiger partial charge on any atom is -0.394 e. The lowest BCUT2D eigenvalue weighted by atomic mass is 10.1. The first-order valence-electron chi connectivity index (χ1n) is 3.83. The van der Waals surface area contributed by atoms with Crippen LogP contribution in [0.1, 0.15) is 0 Å². The molecule has 0 spiro atoms. The van der Waals surface area contributed by atoms with Crippen LogP contribution in [0.2, 0.25) is 0 Å². The fourth-order valence-electron chi connectivity index (χ4n) is 0.602. The predicted octanol–water partition coefficient (Wildman–Crippen LogP) is -2.25. The van der Waals surface area contributed by atoms with Crippen LogP contribution in [-0.2, 0) is 4.79 Å². The molecule has 11 N–H and O–H groups in total. The van der Waals surface area contributed by atoms with Gasteiger partial charge in [-0.15, -0.1) is 13.2 Å². The summed E-state index contributed by atoms with van der Waals surface area (Å²) in [5, 5.41) is 43.1. The molecule has 100 valence electrons. The van der Waals surface area contributed by atoms with Crippen LogP contribution in [-0.4, -0.2) is 62.8 Å². The molecule has 0 amide bonds. The van der Waals surface area contributed by atoms with Crippen LogP contribution in [0.25, 0.3) is 0 Å². The van der Waals surface area contributed by atoms with Crippen LogP contribution in [0.5, 0.6) is 0 Å². The Labute approximate surface area is 94.0 Å². The Morgan fingerprint density at radius 2 is 1.44 bits per heavy atom. The van der Waals surface area contributed by atoms with Crippen molar-refractivity contribution in [3.05, 3.63) is 13.2 Å². The SMILES string of the molecule is C=C.N.N.O=C(CO)[C@H](O)[C@@H](O)[C@H](O)CO. The second kappa shape index (κ2) is 14.1. The number of carbonyl (C=O) groups is 1. The number of hydrogen-bond donors (Lipinski definition) is 7. The summed E-state index contributed by atoms with van der Waals surface area (Å²) >= 11 is 0. The third-order valence-corrected chi connectivity index (χ3v) is 1.39. The van der Waals surface area contributed by atoms with Crippen molar-refractivity contribution in [1.29, 1.82) is 0 Å². The summed E-state index contributed by atoms with van der Waals surface area (Å²) < 4.78 is 0. The molecular weight excluding hydrogens is 220 g/mol. The maximum atomic E-state index is 10.5. The summed E-state index contributed by atoms with van der Waals surface area (Å²) in [6, 6.07) is 0. The largest absolute Gasteiger partial charge is 0.394 e. The molecule has 0 radical (unpaired) electrons. The molecule has 8 nitrogen and oxygen atoms in total. The van der Waals surface area contributed by atoms with Gasteiger partial charge in [0.25, 0.3) is 0 Å². The van der Waals surface area contributed by atoms with Gasteiger partial charge in [-0.3, -0.25) is 4.79 Å².